The molecule has 3 nitrogen and oxygen atoms in total. The molecule has 1 aliphatic rings. The van der Waals surface area contributed by atoms with Gasteiger partial charge in [0.05, 0.1) is 6.61 Å². The van der Waals surface area contributed by atoms with Gasteiger partial charge in [-0.25, -0.2) is 0 Å². The lowest BCUT2D eigenvalue weighted by molar-refractivity contribution is 0.281. The average molecular weight is 268 g/mol. The van der Waals surface area contributed by atoms with E-state index in [2.05, 4.69) is 40.2 Å². The average Bonchev–Trinajstić information content (AvgIpc) is 2.70. The van der Waals surface area contributed by atoms with E-state index >= 15 is 0 Å². The maximum absolute atomic E-state index is 9.52. The fourth-order valence-corrected chi connectivity index (χ4v) is 2.90. The Morgan fingerprint density at radius 1 is 1.15 bits per heavy atom. The monoisotopic (exact) mass is 268 g/mol. The van der Waals surface area contributed by atoms with Gasteiger partial charge in [0, 0.05) is 36.2 Å². The molecule has 3 rings (SSSR count). The highest BCUT2D eigenvalue weighted by Gasteiger charge is 2.16. The van der Waals surface area contributed by atoms with Gasteiger partial charge >= 0.3 is 0 Å². The summed E-state index contributed by atoms with van der Waals surface area (Å²) in [5.41, 5.74) is 5.95. The van der Waals surface area contributed by atoms with Gasteiger partial charge in [-0.05, 0) is 37.0 Å². The van der Waals surface area contributed by atoms with Crippen LogP contribution in [0.1, 0.15) is 22.4 Å². The van der Waals surface area contributed by atoms with Crippen LogP contribution in [0, 0.1) is 6.92 Å². The number of benzene rings is 1. The van der Waals surface area contributed by atoms with Crippen LogP contribution in [0.5, 0.6) is 0 Å². The van der Waals surface area contributed by atoms with Gasteiger partial charge in [-0.2, -0.15) is 0 Å². The molecule has 0 aliphatic carbocycles. The van der Waals surface area contributed by atoms with Crippen molar-refractivity contribution in [1.82, 2.24) is 4.98 Å². The number of aryl methyl sites for hydroxylation is 1. The van der Waals surface area contributed by atoms with Crippen molar-refractivity contribution >= 4 is 5.69 Å². The number of hydrogen-bond acceptors (Lipinski definition) is 3. The summed E-state index contributed by atoms with van der Waals surface area (Å²) in [5, 5.41) is 9.52. The van der Waals surface area contributed by atoms with E-state index in [0.717, 1.165) is 42.9 Å². The van der Waals surface area contributed by atoms with Gasteiger partial charge in [0.25, 0.3) is 0 Å². The summed E-state index contributed by atoms with van der Waals surface area (Å²) < 4.78 is 0. The second-order valence-electron chi connectivity index (χ2n) is 5.37. The molecule has 0 atom stereocenters. The molecule has 0 radical (unpaired) electrons. The molecule has 0 fully saturated rings. The molecule has 0 bridgehead atoms. The summed E-state index contributed by atoms with van der Waals surface area (Å²) >= 11 is 0. The predicted molar refractivity (Wildman–Crippen MR) is 81.0 cm³/mol. The molecule has 2 heterocycles. The number of fused-ring (bicyclic) bond motifs is 1. The zero-order valence-electron chi connectivity index (χ0n) is 11.8. The van der Waals surface area contributed by atoms with Crippen LogP contribution in [0.15, 0.2) is 36.5 Å². The largest absolute Gasteiger partial charge is 0.392 e. The van der Waals surface area contributed by atoms with E-state index in [4.69, 9.17) is 0 Å². The second kappa shape index (κ2) is 5.63. The van der Waals surface area contributed by atoms with Crippen molar-refractivity contribution in [2.24, 2.45) is 0 Å². The number of aromatic nitrogens is 1. The van der Waals surface area contributed by atoms with Crippen LogP contribution in [-0.4, -0.2) is 23.2 Å². The summed E-state index contributed by atoms with van der Waals surface area (Å²) in [7, 11) is 0. The van der Waals surface area contributed by atoms with Crippen molar-refractivity contribution in [2.75, 3.05) is 18.0 Å². The molecule has 0 saturated carbocycles. The highest BCUT2D eigenvalue weighted by Crippen LogP contribution is 2.24. The molecule has 1 aromatic heterocycles. The van der Waals surface area contributed by atoms with Crippen molar-refractivity contribution in [2.45, 2.75) is 26.4 Å². The van der Waals surface area contributed by atoms with Crippen LogP contribution >= 0.6 is 0 Å². The topological polar surface area (TPSA) is 36.4 Å². The first-order valence-electron chi connectivity index (χ1n) is 7.16. The van der Waals surface area contributed by atoms with E-state index in [1.165, 1.54) is 11.1 Å². The Hall–Kier alpha value is -1.87. The Kier molecular flexibility index (Phi) is 3.70. The molecule has 3 heteroatoms. The molecule has 0 amide bonds. The maximum Gasteiger partial charge on any atom is 0.0717 e. The van der Waals surface area contributed by atoms with Crippen LogP contribution < -0.4 is 4.90 Å². The second-order valence-corrected chi connectivity index (χ2v) is 5.37. The Morgan fingerprint density at radius 2 is 1.80 bits per heavy atom. The smallest absolute Gasteiger partial charge is 0.0717 e. The molecular weight excluding hydrogens is 248 g/mol. The molecule has 0 unspecified atom stereocenters. The quantitative estimate of drug-likeness (QED) is 0.909. The van der Waals surface area contributed by atoms with Gasteiger partial charge in [-0.15, -0.1) is 0 Å². The molecule has 20 heavy (non-hydrogen) atoms. The third kappa shape index (κ3) is 2.54. The van der Waals surface area contributed by atoms with Crippen LogP contribution in [0.25, 0.3) is 0 Å². The SMILES string of the molecule is Cc1cc(N2CCc3ccccc3CC2)c(CO)cn1. The first-order valence-corrected chi connectivity index (χ1v) is 7.16. The van der Waals surface area contributed by atoms with E-state index < -0.39 is 0 Å². The first-order chi connectivity index (χ1) is 9.78. The summed E-state index contributed by atoms with van der Waals surface area (Å²) in [6, 6.07) is 10.8. The van der Waals surface area contributed by atoms with Gasteiger partial charge in [0.2, 0.25) is 0 Å². The Labute approximate surface area is 119 Å². The number of hydrogen-bond donors (Lipinski definition) is 1. The zero-order chi connectivity index (χ0) is 13.9. The van der Waals surface area contributed by atoms with E-state index in [-0.39, 0.29) is 6.61 Å². The third-order valence-electron chi connectivity index (χ3n) is 4.03. The molecular formula is C17H20N2O. The number of anilines is 1. The van der Waals surface area contributed by atoms with E-state index in [1.54, 1.807) is 6.20 Å². The Morgan fingerprint density at radius 3 is 2.40 bits per heavy atom. The minimum absolute atomic E-state index is 0.0477. The molecule has 0 saturated heterocycles. The van der Waals surface area contributed by atoms with Crippen molar-refractivity contribution in [3.05, 3.63) is 58.9 Å². The third-order valence-corrected chi connectivity index (χ3v) is 4.03. The molecule has 1 aliphatic heterocycles. The highest BCUT2D eigenvalue weighted by molar-refractivity contribution is 5.54. The molecule has 104 valence electrons. The van der Waals surface area contributed by atoms with Crippen LogP contribution in [0.3, 0.4) is 0 Å². The van der Waals surface area contributed by atoms with Crippen molar-refractivity contribution in [3.63, 3.8) is 0 Å². The number of aliphatic hydroxyl groups is 1. The maximum atomic E-state index is 9.52. The van der Waals surface area contributed by atoms with Crippen LogP contribution in [0.4, 0.5) is 5.69 Å². The van der Waals surface area contributed by atoms with Crippen LogP contribution in [-0.2, 0) is 19.4 Å². The minimum atomic E-state index is 0.0477. The highest BCUT2D eigenvalue weighted by atomic mass is 16.3. The molecule has 1 aromatic carbocycles. The zero-order valence-corrected chi connectivity index (χ0v) is 11.8. The lowest BCUT2D eigenvalue weighted by atomic mass is 10.0. The minimum Gasteiger partial charge on any atom is -0.392 e. The first kappa shape index (κ1) is 13.1. The van der Waals surface area contributed by atoms with E-state index in [1.807, 2.05) is 6.92 Å². The Balaban J connectivity index is 1.88. The Bertz CT molecular complexity index is 583. The van der Waals surface area contributed by atoms with Gasteiger partial charge in [-0.1, -0.05) is 24.3 Å². The van der Waals surface area contributed by atoms with Crippen molar-refractivity contribution in [1.29, 1.82) is 0 Å². The van der Waals surface area contributed by atoms with Gasteiger partial charge in [-0.3, -0.25) is 4.98 Å². The lowest BCUT2D eigenvalue weighted by Gasteiger charge is -2.25. The number of nitrogens with zero attached hydrogens (tertiary/aromatic N) is 2. The summed E-state index contributed by atoms with van der Waals surface area (Å²) in [6.45, 7) is 4.03. The van der Waals surface area contributed by atoms with Gasteiger partial charge < -0.3 is 10.0 Å². The number of pyridine rings is 1. The van der Waals surface area contributed by atoms with Crippen molar-refractivity contribution in [3.8, 4) is 0 Å². The molecule has 1 N–H and O–H groups in total. The standard InChI is InChI=1S/C17H20N2O/c1-13-10-17(16(12-20)11-18-13)19-8-6-14-4-2-3-5-15(14)7-9-19/h2-5,10-11,20H,6-9,12H2,1H3. The van der Waals surface area contributed by atoms with E-state index in [9.17, 15) is 5.11 Å². The number of rotatable bonds is 2. The lowest BCUT2D eigenvalue weighted by Crippen LogP contribution is -2.27. The van der Waals surface area contributed by atoms with E-state index in [0.29, 0.717) is 0 Å². The molecule has 0 spiro atoms. The van der Waals surface area contributed by atoms with Gasteiger partial charge in [0.1, 0.15) is 0 Å². The van der Waals surface area contributed by atoms with Crippen molar-refractivity contribution < 1.29 is 5.11 Å². The summed E-state index contributed by atoms with van der Waals surface area (Å²) in [4.78, 5) is 6.66. The normalized spacial score (nSPS) is 14.8. The fourth-order valence-electron chi connectivity index (χ4n) is 2.90. The number of aliphatic hydroxyl groups excluding tert-OH is 1. The summed E-state index contributed by atoms with van der Waals surface area (Å²) in [6.07, 6.45) is 3.91. The van der Waals surface area contributed by atoms with Crippen LogP contribution in [0.2, 0.25) is 0 Å². The summed E-state index contributed by atoms with van der Waals surface area (Å²) in [5.74, 6) is 0. The fraction of sp³-hybridized carbons (Fsp3) is 0.353. The predicted octanol–water partition coefficient (Wildman–Crippen LogP) is 2.49. The molecule has 2 aromatic rings. The van der Waals surface area contributed by atoms with Gasteiger partial charge in [0.15, 0.2) is 0 Å².